The van der Waals surface area contributed by atoms with Gasteiger partial charge in [-0.1, -0.05) is 76.7 Å². The molecular formula is C21H11Cl4N3. The maximum Gasteiger partial charge on any atom is 0.164 e. The third kappa shape index (κ3) is 3.98. The summed E-state index contributed by atoms with van der Waals surface area (Å²) >= 11 is 24.4. The highest BCUT2D eigenvalue weighted by molar-refractivity contribution is 6.42. The fraction of sp³-hybridized carbons (Fsp3) is 0. The lowest BCUT2D eigenvalue weighted by atomic mass is 10.1. The first-order valence-corrected chi connectivity index (χ1v) is 9.75. The van der Waals surface area contributed by atoms with Crippen LogP contribution in [0.5, 0.6) is 0 Å². The molecule has 3 aromatic carbocycles. The molecule has 138 valence electrons. The molecule has 0 aliphatic heterocycles. The molecule has 0 radical (unpaired) electrons. The quantitative estimate of drug-likeness (QED) is 0.327. The minimum Gasteiger partial charge on any atom is -0.208 e. The molecule has 0 saturated carbocycles. The Labute approximate surface area is 181 Å². The highest BCUT2D eigenvalue weighted by Gasteiger charge is 2.14. The summed E-state index contributed by atoms with van der Waals surface area (Å²) in [6, 6.07) is 20.2. The molecule has 1 aromatic heterocycles. The fourth-order valence-electron chi connectivity index (χ4n) is 2.62. The Hall–Kier alpha value is -2.17. The van der Waals surface area contributed by atoms with E-state index in [1.54, 1.807) is 24.3 Å². The number of aromatic nitrogens is 3. The summed E-state index contributed by atoms with van der Waals surface area (Å²) < 4.78 is 0. The van der Waals surface area contributed by atoms with E-state index < -0.39 is 0 Å². The topological polar surface area (TPSA) is 38.7 Å². The first-order valence-electron chi connectivity index (χ1n) is 8.23. The van der Waals surface area contributed by atoms with Crippen molar-refractivity contribution in [1.82, 2.24) is 15.0 Å². The van der Waals surface area contributed by atoms with Crippen molar-refractivity contribution in [2.75, 3.05) is 0 Å². The van der Waals surface area contributed by atoms with Gasteiger partial charge in [-0.25, -0.2) is 15.0 Å². The van der Waals surface area contributed by atoms with E-state index in [2.05, 4.69) is 15.0 Å². The van der Waals surface area contributed by atoms with Crippen LogP contribution in [-0.2, 0) is 0 Å². The van der Waals surface area contributed by atoms with Crippen molar-refractivity contribution in [1.29, 1.82) is 0 Å². The number of hydrogen-bond acceptors (Lipinski definition) is 3. The van der Waals surface area contributed by atoms with Crippen LogP contribution in [0.3, 0.4) is 0 Å². The first kappa shape index (κ1) is 19.2. The van der Waals surface area contributed by atoms with Gasteiger partial charge in [-0.05, 0) is 36.4 Å². The molecule has 4 rings (SSSR count). The molecule has 0 N–H and O–H groups in total. The van der Waals surface area contributed by atoms with E-state index in [4.69, 9.17) is 46.4 Å². The van der Waals surface area contributed by atoms with Gasteiger partial charge in [-0.2, -0.15) is 0 Å². The number of halogens is 4. The summed E-state index contributed by atoms with van der Waals surface area (Å²) in [5.41, 5.74) is 2.33. The molecule has 0 spiro atoms. The van der Waals surface area contributed by atoms with Gasteiger partial charge in [0, 0.05) is 16.7 Å². The second kappa shape index (κ2) is 8.06. The predicted octanol–water partition coefficient (Wildman–Crippen LogP) is 7.49. The Kier molecular flexibility index (Phi) is 5.51. The summed E-state index contributed by atoms with van der Waals surface area (Å²) in [4.78, 5) is 13.9. The largest absolute Gasteiger partial charge is 0.208 e. The highest BCUT2D eigenvalue weighted by atomic mass is 35.5. The van der Waals surface area contributed by atoms with Gasteiger partial charge in [0.25, 0.3) is 0 Å². The van der Waals surface area contributed by atoms with Gasteiger partial charge in [0.15, 0.2) is 17.5 Å². The summed E-state index contributed by atoms with van der Waals surface area (Å²) in [5.74, 6) is 1.50. The molecular weight excluding hydrogens is 436 g/mol. The van der Waals surface area contributed by atoms with Crippen LogP contribution in [0.1, 0.15) is 0 Å². The minimum atomic E-state index is 0.428. The lowest BCUT2D eigenvalue weighted by Gasteiger charge is -2.09. The van der Waals surface area contributed by atoms with Crippen molar-refractivity contribution in [3.8, 4) is 34.2 Å². The Morgan fingerprint density at radius 1 is 0.429 bits per heavy atom. The van der Waals surface area contributed by atoms with Crippen LogP contribution in [-0.4, -0.2) is 15.0 Å². The van der Waals surface area contributed by atoms with Crippen molar-refractivity contribution in [2.24, 2.45) is 0 Å². The van der Waals surface area contributed by atoms with Crippen LogP contribution in [0.2, 0.25) is 20.1 Å². The third-order valence-electron chi connectivity index (χ3n) is 4.02. The molecule has 3 nitrogen and oxygen atoms in total. The molecule has 0 unspecified atom stereocenters. The maximum absolute atomic E-state index is 6.18. The second-order valence-electron chi connectivity index (χ2n) is 5.93. The summed E-state index contributed by atoms with van der Waals surface area (Å²) in [6.07, 6.45) is 0. The molecule has 1 heterocycles. The van der Waals surface area contributed by atoms with E-state index in [0.29, 0.717) is 37.6 Å². The van der Waals surface area contributed by atoms with Crippen LogP contribution >= 0.6 is 46.4 Å². The maximum atomic E-state index is 6.18. The summed E-state index contributed by atoms with van der Waals surface area (Å²) in [5, 5.41) is 1.79. The zero-order valence-corrected chi connectivity index (χ0v) is 17.2. The molecule has 0 bridgehead atoms. The van der Waals surface area contributed by atoms with E-state index >= 15 is 0 Å². The highest BCUT2D eigenvalue weighted by Crippen LogP contribution is 2.31. The average Bonchev–Trinajstić information content (AvgIpc) is 2.72. The van der Waals surface area contributed by atoms with Gasteiger partial charge in [0.05, 0.1) is 20.1 Å². The van der Waals surface area contributed by atoms with E-state index in [-0.39, 0.29) is 0 Å². The minimum absolute atomic E-state index is 0.428. The first-order chi connectivity index (χ1) is 13.5. The van der Waals surface area contributed by atoms with Gasteiger partial charge in [0.1, 0.15) is 0 Å². The lowest BCUT2D eigenvalue weighted by molar-refractivity contribution is 1.07. The molecule has 0 atom stereocenters. The third-order valence-corrected chi connectivity index (χ3v) is 5.50. The normalized spacial score (nSPS) is 10.9. The average molecular weight is 447 g/mol. The molecule has 28 heavy (non-hydrogen) atoms. The SMILES string of the molecule is Clc1ccc(-c2nc(-c3ccccc3)nc(-c3ccc(Cl)c(Cl)c3)n2)cc1Cl. The van der Waals surface area contributed by atoms with Gasteiger partial charge in [0.2, 0.25) is 0 Å². The summed E-state index contributed by atoms with van der Waals surface area (Å²) in [7, 11) is 0. The number of benzene rings is 3. The van der Waals surface area contributed by atoms with Crippen molar-refractivity contribution in [3.05, 3.63) is 86.8 Å². The molecule has 0 fully saturated rings. The van der Waals surface area contributed by atoms with E-state index in [0.717, 1.165) is 16.7 Å². The Morgan fingerprint density at radius 2 is 0.857 bits per heavy atom. The van der Waals surface area contributed by atoms with Crippen LogP contribution in [0.4, 0.5) is 0 Å². The molecule has 0 aliphatic rings. The van der Waals surface area contributed by atoms with Crippen LogP contribution < -0.4 is 0 Å². The summed E-state index contributed by atoms with van der Waals surface area (Å²) in [6.45, 7) is 0. The van der Waals surface area contributed by atoms with Gasteiger partial charge in [-0.3, -0.25) is 0 Å². The van der Waals surface area contributed by atoms with Crippen LogP contribution in [0.15, 0.2) is 66.7 Å². The number of rotatable bonds is 3. The van der Waals surface area contributed by atoms with Crippen LogP contribution in [0.25, 0.3) is 34.2 Å². The fourth-order valence-corrected chi connectivity index (χ4v) is 3.22. The van der Waals surface area contributed by atoms with Crippen molar-refractivity contribution in [3.63, 3.8) is 0 Å². The molecule has 0 saturated heterocycles. The second-order valence-corrected chi connectivity index (χ2v) is 7.56. The van der Waals surface area contributed by atoms with Crippen molar-refractivity contribution < 1.29 is 0 Å². The van der Waals surface area contributed by atoms with Gasteiger partial charge < -0.3 is 0 Å². The number of hydrogen-bond donors (Lipinski definition) is 0. The van der Waals surface area contributed by atoms with E-state index in [1.165, 1.54) is 0 Å². The smallest absolute Gasteiger partial charge is 0.164 e. The zero-order chi connectivity index (χ0) is 19.7. The van der Waals surface area contributed by atoms with E-state index in [9.17, 15) is 0 Å². The number of nitrogens with zero attached hydrogens (tertiary/aromatic N) is 3. The standard InChI is InChI=1S/C21H11Cl4N3/c22-15-8-6-13(10-17(15)24)20-26-19(12-4-2-1-3-5-12)27-21(28-20)14-7-9-16(23)18(25)11-14/h1-11H. The monoisotopic (exact) mass is 445 g/mol. The van der Waals surface area contributed by atoms with Gasteiger partial charge in [-0.15, -0.1) is 0 Å². The van der Waals surface area contributed by atoms with Crippen molar-refractivity contribution >= 4 is 46.4 Å². The Balaban J connectivity index is 1.92. The molecule has 7 heteroatoms. The van der Waals surface area contributed by atoms with Gasteiger partial charge >= 0.3 is 0 Å². The lowest BCUT2D eigenvalue weighted by Crippen LogP contribution is -2.00. The van der Waals surface area contributed by atoms with Crippen LogP contribution in [0, 0.1) is 0 Å². The Bertz CT molecular complexity index is 1090. The predicted molar refractivity (Wildman–Crippen MR) is 116 cm³/mol. The molecule has 0 amide bonds. The molecule has 0 aliphatic carbocycles. The van der Waals surface area contributed by atoms with Crippen molar-refractivity contribution in [2.45, 2.75) is 0 Å². The molecule has 4 aromatic rings. The van der Waals surface area contributed by atoms with E-state index in [1.807, 2.05) is 42.5 Å². The zero-order valence-electron chi connectivity index (χ0n) is 14.2. The Morgan fingerprint density at radius 3 is 1.29 bits per heavy atom.